The van der Waals surface area contributed by atoms with Gasteiger partial charge in [0.2, 0.25) is 0 Å². The van der Waals surface area contributed by atoms with Crippen molar-refractivity contribution in [3.8, 4) is 5.75 Å². The molecule has 0 aliphatic rings. The Bertz CT molecular complexity index is 498. The zero-order valence-corrected chi connectivity index (χ0v) is 10.9. The van der Waals surface area contributed by atoms with Gasteiger partial charge in [0.25, 0.3) is 0 Å². The van der Waals surface area contributed by atoms with Gasteiger partial charge in [-0.15, -0.1) is 11.3 Å². The van der Waals surface area contributed by atoms with Crippen LogP contribution in [-0.4, -0.2) is 4.98 Å². The molecule has 1 heterocycles. The summed E-state index contributed by atoms with van der Waals surface area (Å²) >= 11 is 13.4. The number of ether oxygens (including phenoxy) is 1. The largest absolute Gasteiger partial charge is 0.486 e. The molecule has 0 atom stereocenters. The molecule has 1 aromatic carbocycles. The average Bonchev–Trinajstić information content (AvgIpc) is 2.63. The van der Waals surface area contributed by atoms with Gasteiger partial charge in [-0.25, -0.2) is 4.98 Å². The van der Waals surface area contributed by atoms with E-state index < -0.39 is 0 Å². The van der Waals surface area contributed by atoms with Crippen LogP contribution in [0.1, 0.15) is 10.7 Å². The van der Waals surface area contributed by atoms with Gasteiger partial charge in [0.1, 0.15) is 12.4 Å². The van der Waals surface area contributed by atoms with Crippen molar-refractivity contribution >= 4 is 34.5 Å². The molecule has 2 aromatic rings. The van der Waals surface area contributed by atoms with Crippen LogP contribution in [0.5, 0.6) is 5.75 Å². The zero-order valence-electron chi connectivity index (χ0n) is 8.54. The second-order valence-corrected chi connectivity index (χ2v) is 5.13. The summed E-state index contributed by atoms with van der Waals surface area (Å²) in [6.45, 7) is 2.38. The van der Waals surface area contributed by atoms with Crippen LogP contribution in [0.25, 0.3) is 0 Å². The molecule has 0 unspecified atom stereocenters. The molecule has 0 fully saturated rings. The van der Waals surface area contributed by atoms with Crippen molar-refractivity contribution in [3.63, 3.8) is 0 Å². The summed E-state index contributed by atoms with van der Waals surface area (Å²) in [5, 5.41) is 4.11. The quantitative estimate of drug-likeness (QED) is 0.830. The van der Waals surface area contributed by atoms with Crippen molar-refractivity contribution < 1.29 is 4.74 Å². The van der Waals surface area contributed by atoms with Gasteiger partial charge in [-0.05, 0) is 25.1 Å². The Hall–Kier alpha value is -0.770. The molecule has 0 amide bonds. The fourth-order valence-electron chi connectivity index (χ4n) is 1.22. The molecule has 16 heavy (non-hydrogen) atoms. The highest BCUT2D eigenvalue weighted by Gasteiger charge is 2.04. The van der Waals surface area contributed by atoms with Gasteiger partial charge in [0.05, 0.1) is 15.7 Å². The second kappa shape index (κ2) is 5.04. The summed E-state index contributed by atoms with van der Waals surface area (Å²) < 4.78 is 5.54. The molecule has 0 aliphatic heterocycles. The first-order valence-electron chi connectivity index (χ1n) is 4.64. The lowest BCUT2D eigenvalue weighted by molar-refractivity contribution is 0.302. The zero-order chi connectivity index (χ0) is 11.5. The lowest BCUT2D eigenvalue weighted by atomic mass is 10.3. The van der Waals surface area contributed by atoms with Gasteiger partial charge < -0.3 is 4.74 Å². The molecule has 0 N–H and O–H groups in total. The Kier molecular flexibility index (Phi) is 3.69. The van der Waals surface area contributed by atoms with Gasteiger partial charge in [-0.2, -0.15) is 0 Å². The highest BCUT2D eigenvalue weighted by atomic mass is 35.5. The molecule has 0 radical (unpaired) electrons. The number of hydrogen-bond donors (Lipinski definition) is 0. The molecule has 0 saturated carbocycles. The monoisotopic (exact) mass is 273 g/mol. The van der Waals surface area contributed by atoms with Gasteiger partial charge in [0.15, 0.2) is 0 Å². The maximum atomic E-state index is 5.97. The first-order chi connectivity index (χ1) is 7.65. The smallest absolute Gasteiger partial charge is 0.138 e. The van der Waals surface area contributed by atoms with Crippen LogP contribution >= 0.6 is 34.5 Å². The maximum Gasteiger partial charge on any atom is 0.138 e. The van der Waals surface area contributed by atoms with Crippen molar-refractivity contribution in [2.24, 2.45) is 0 Å². The van der Waals surface area contributed by atoms with E-state index in [1.54, 1.807) is 29.5 Å². The van der Waals surface area contributed by atoms with Crippen molar-refractivity contribution in [2.45, 2.75) is 13.5 Å². The lowest BCUT2D eigenvalue weighted by Crippen LogP contribution is -1.96. The number of benzene rings is 1. The molecule has 5 heteroatoms. The van der Waals surface area contributed by atoms with E-state index in [0.717, 1.165) is 10.7 Å². The van der Waals surface area contributed by atoms with Gasteiger partial charge in [0, 0.05) is 10.4 Å². The van der Waals surface area contributed by atoms with Gasteiger partial charge in [-0.1, -0.05) is 23.2 Å². The SMILES string of the molecule is Cc1nc(COc2ccc(Cl)cc2Cl)cs1. The molecule has 2 nitrogen and oxygen atoms in total. The number of nitrogens with zero attached hydrogens (tertiary/aromatic N) is 1. The van der Waals surface area contributed by atoms with Crippen LogP contribution in [0.15, 0.2) is 23.6 Å². The van der Waals surface area contributed by atoms with E-state index in [9.17, 15) is 0 Å². The van der Waals surface area contributed by atoms with Crippen LogP contribution in [0.4, 0.5) is 0 Å². The Balaban J connectivity index is 2.04. The van der Waals surface area contributed by atoms with Crippen LogP contribution in [0, 0.1) is 6.92 Å². The minimum Gasteiger partial charge on any atom is -0.486 e. The van der Waals surface area contributed by atoms with E-state index in [0.29, 0.717) is 22.4 Å². The van der Waals surface area contributed by atoms with E-state index in [4.69, 9.17) is 27.9 Å². The molecule has 0 saturated heterocycles. The summed E-state index contributed by atoms with van der Waals surface area (Å²) in [5.74, 6) is 0.622. The number of aryl methyl sites for hydroxylation is 1. The normalized spacial score (nSPS) is 10.4. The van der Waals surface area contributed by atoms with Crippen molar-refractivity contribution in [1.82, 2.24) is 4.98 Å². The third-order valence-electron chi connectivity index (χ3n) is 1.94. The maximum absolute atomic E-state index is 5.97. The molecule has 2 rings (SSSR count). The predicted octanol–water partition coefficient (Wildman–Crippen LogP) is 4.34. The highest BCUT2D eigenvalue weighted by Crippen LogP contribution is 2.28. The van der Waals surface area contributed by atoms with Crippen molar-refractivity contribution in [2.75, 3.05) is 0 Å². The van der Waals surface area contributed by atoms with Crippen LogP contribution < -0.4 is 4.74 Å². The Morgan fingerprint density at radius 3 is 2.81 bits per heavy atom. The minimum absolute atomic E-state index is 0.422. The fourth-order valence-corrected chi connectivity index (χ4v) is 2.28. The van der Waals surface area contributed by atoms with Crippen LogP contribution in [0.3, 0.4) is 0 Å². The number of thiazole rings is 1. The standard InChI is InChI=1S/C11H9Cl2NOS/c1-7-14-9(6-16-7)5-15-11-3-2-8(12)4-10(11)13/h2-4,6H,5H2,1H3. The molecule has 0 spiro atoms. The molecule has 1 aromatic heterocycles. The van der Waals surface area contributed by atoms with Crippen LogP contribution in [0.2, 0.25) is 10.0 Å². The summed E-state index contributed by atoms with van der Waals surface area (Å²) in [7, 11) is 0. The van der Waals surface area contributed by atoms with E-state index in [2.05, 4.69) is 4.98 Å². The highest BCUT2D eigenvalue weighted by molar-refractivity contribution is 7.09. The van der Waals surface area contributed by atoms with E-state index in [1.807, 2.05) is 12.3 Å². The summed E-state index contributed by atoms with van der Waals surface area (Å²) in [4.78, 5) is 4.30. The predicted molar refractivity (Wildman–Crippen MR) is 67.6 cm³/mol. The topological polar surface area (TPSA) is 22.1 Å². The first-order valence-corrected chi connectivity index (χ1v) is 6.27. The number of aromatic nitrogens is 1. The molecular weight excluding hydrogens is 265 g/mol. The van der Waals surface area contributed by atoms with Crippen molar-refractivity contribution in [3.05, 3.63) is 44.3 Å². The minimum atomic E-state index is 0.422. The number of hydrogen-bond acceptors (Lipinski definition) is 3. The lowest BCUT2D eigenvalue weighted by Gasteiger charge is -2.06. The number of halogens is 2. The third-order valence-corrected chi connectivity index (χ3v) is 3.29. The van der Waals surface area contributed by atoms with Crippen LogP contribution in [-0.2, 0) is 6.61 Å². The summed E-state index contributed by atoms with van der Waals surface area (Å²) in [5.41, 5.74) is 0.911. The number of rotatable bonds is 3. The summed E-state index contributed by atoms with van der Waals surface area (Å²) in [6.07, 6.45) is 0. The fraction of sp³-hybridized carbons (Fsp3) is 0.182. The second-order valence-electron chi connectivity index (χ2n) is 3.22. The molecule has 84 valence electrons. The average molecular weight is 274 g/mol. The Morgan fingerprint density at radius 2 is 2.19 bits per heavy atom. The molecular formula is C11H9Cl2NOS. The Labute approximate surface area is 108 Å². The van der Waals surface area contributed by atoms with Gasteiger partial charge in [-0.3, -0.25) is 0 Å². The van der Waals surface area contributed by atoms with E-state index in [1.165, 1.54) is 0 Å². The van der Waals surface area contributed by atoms with E-state index >= 15 is 0 Å². The van der Waals surface area contributed by atoms with Gasteiger partial charge >= 0.3 is 0 Å². The first kappa shape index (κ1) is 11.7. The van der Waals surface area contributed by atoms with Crippen molar-refractivity contribution in [1.29, 1.82) is 0 Å². The van der Waals surface area contributed by atoms with E-state index in [-0.39, 0.29) is 0 Å². The Morgan fingerprint density at radius 1 is 1.38 bits per heavy atom. The molecule has 0 bridgehead atoms. The summed E-state index contributed by atoms with van der Waals surface area (Å²) in [6, 6.07) is 5.16. The molecule has 0 aliphatic carbocycles. The third kappa shape index (κ3) is 2.88.